The average Bonchev–Trinajstić information content (AvgIpc) is 1.97. The first kappa shape index (κ1) is 13.4. The molecule has 0 aromatic heterocycles. The van der Waals surface area contributed by atoms with E-state index in [-0.39, 0.29) is 0 Å². The van der Waals surface area contributed by atoms with Gasteiger partial charge in [-0.3, -0.25) is 0 Å². The summed E-state index contributed by atoms with van der Waals surface area (Å²) in [5, 5.41) is -0.447. The van der Waals surface area contributed by atoms with Gasteiger partial charge in [-0.25, -0.2) is 8.78 Å². The highest BCUT2D eigenvalue weighted by Gasteiger charge is 2.16. The second kappa shape index (κ2) is 5.35. The summed E-state index contributed by atoms with van der Waals surface area (Å²) < 4.78 is 63.5. The normalized spacial score (nSPS) is 11.6. The van der Waals surface area contributed by atoms with Crippen LogP contribution < -0.4 is 0 Å². The lowest BCUT2D eigenvalue weighted by molar-refractivity contribution is 0.543. The van der Waals surface area contributed by atoms with E-state index in [1.165, 1.54) is 6.07 Å². The van der Waals surface area contributed by atoms with Crippen molar-refractivity contribution in [2.75, 3.05) is 0 Å². The maximum Gasteiger partial charge on any atom is 0.379 e. The Morgan fingerprint density at radius 1 is 0.929 bits per heavy atom. The van der Waals surface area contributed by atoms with Gasteiger partial charge in [0, 0.05) is 0 Å². The highest BCUT2D eigenvalue weighted by Crippen LogP contribution is 2.54. The molecule has 0 heterocycles. The van der Waals surface area contributed by atoms with Gasteiger partial charge in [-0.05, 0) is 12.1 Å². The van der Waals surface area contributed by atoms with Gasteiger partial charge in [0.25, 0.3) is 0 Å². The molecule has 0 N–H and O–H groups in total. The molecule has 8 heteroatoms. The lowest BCUT2D eigenvalue weighted by Crippen LogP contribution is -1.79. The van der Waals surface area contributed by atoms with Crippen molar-refractivity contribution in [3.8, 4) is 0 Å². The maximum atomic E-state index is 12.2. The van der Waals surface area contributed by atoms with Crippen LogP contribution in [-0.4, -0.2) is 0 Å². The SMILES string of the molecule is FS(F)(F)F.Fc1cccc(F)c1Cl. The van der Waals surface area contributed by atoms with Crippen LogP contribution in [0.1, 0.15) is 0 Å². The van der Waals surface area contributed by atoms with Crippen molar-refractivity contribution in [1.29, 1.82) is 0 Å². The second-order valence-electron chi connectivity index (χ2n) is 1.89. The number of hydrogen-bond donors (Lipinski definition) is 0. The molecule has 0 aliphatic carbocycles. The minimum absolute atomic E-state index is 0.447. The Morgan fingerprint density at radius 2 is 1.21 bits per heavy atom. The van der Waals surface area contributed by atoms with E-state index in [4.69, 9.17) is 11.6 Å². The quantitative estimate of drug-likeness (QED) is 0.455. The molecule has 0 amide bonds. The predicted octanol–water partition coefficient (Wildman–Crippen LogP) is 4.95. The zero-order chi connectivity index (χ0) is 11.4. The molecule has 14 heavy (non-hydrogen) atoms. The summed E-state index contributed by atoms with van der Waals surface area (Å²) in [6, 6.07) is 3.47. The number of halogens is 7. The van der Waals surface area contributed by atoms with Crippen molar-refractivity contribution in [3.63, 3.8) is 0 Å². The molecular formula is C6H3ClF6S. The van der Waals surface area contributed by atoms with Crippen molar-refractivity contribution in [1.82, 2.24) is 0 Å². The first-order valence-corrected chi connectivity index (χ1v) is 4.54. The Labute approximate surface area is 83.0 Å². The van der Waals surface area contributed by atoms with Crippen molar-refractivity contribution in [3.05, 3.63) is 34.9 Å². The molecule has 0 saturated heterocycles. The van der Waals surface area contributed by atoms with Crippen molar-refractivity contribution >= 4 is 23.2 Å². The van der Waals surface area contributed by atoms with Gasteiger partial charge in [-0.2, -0.15) is 0 Å². The summed E-state index contributed by atoms with van der Waals surface area (Å²) >= 11 is -1.04. The van der Waals surface area contributed by atoms with Crippen LogP contribution in [0.5, 0.6) is 0 Å². The van der Waals surface area contributed by atoms with Crippen LogP contribution in [0.3, 0.4) is 0 Å². The van der Waals surface area contributed by atoms with Crippen LogP contribution in [0.4, 0.5) is 24.3 Å². The average molecular weight is 257 g/mol. The minimum Gasteiger partial charge on any atom is -0.205 e. The van der Waals surface area contributed by atoms with Gasteiger partial charge in [0.1, 0.15) is 16.7 Å². The van der Waals surface area contributed by atoms with E-state index in [9.17, 15) is 24.3 Å². The van der Waals surface area contributed by atoms with Gasteiger partial charge in [0.15, 0.2) is 0 Å². The fourth-order valence-corrected chi connectivity index (χ4v) is 0.603. The molecule has 1 rings (SSSR count). The summed E-state index contributed by atoms with van der Waals surface area (Å²) in [6.07, 6.45) is 0. The Hall–Kier alpha value is -0.560. The smallest absolute Gasteiger partial charge is 0.205 e. The van der Waals surface area contributed by atoms with E-state index in [1.807, 2.05) is 0 Å². The van der Waals surface area contributed by atoms with E-state index in [0.29, 0.717) is 0 Å². The zero-order valence-electron chi connectivity index (χ0n) is 6.29. The van der Waals surface area contributed by atoms with Crippen molar-refractivity contribution in [2.24, 2.45) is 0 Å². The molecule has 0 aliphatic heterocycles. The van der Waals surface area contributed by atoms with Crippen molar-refractivity contribution in [2.45, 2.75) is 0 Å². The summed E-state index contributed by atoms with van der Waals surface area (Å²) in [5.74, 6) is -1.45. The van der Waals surface area contributed by atoms with E-state index in [0.717, 1.165) is 12.1 Å². The standard InChI is InChI=1S/C6H3ClF2.F4S/c7-6-4(8)2-1-3-5(6)9;1-5(2,3)4/h1-3H;. The summed E-state index contributed by atoms with van der Waals surface area (Å²) in [4.78, 5) is 0. The largest absolute Gasteiger partial charge is 0.379 e. The Balaban J connectivity index is 0.000000292. The third-order valence-corrected chi connectivity index (χ3v) is 1.27. The van der Waals surface area contributed by atoms with Crippen LogP contribution in [0.25, 0.3) is 0 Å². The van der Waals surface area contributed by atoms with Gasteiger partial charge in [-0.1, -0.05) is 33.2 Å². The topological polar surface area (TPSA) is 0 Å². The van der Waals surface area contributed by atoms with Gasteiger partial charge in [0.05, 0.1) is 0 Å². The van der Waals surface area contributed by atoms with E-state index >= 15 is 0 Å². The van der Waals surface area contributed by atoms with E-state index < -0.39 is 28.2 Å². The monoisotopic (exact) mass is 256 g/mol. The molecule has 0 bridgehead atoms. The third-order valence-electron chi connectivity index (χ3n) is 0.904. The second-order valence-corrected chi connectivity index (χ2v) is 2.96. The molecule has 0 spiro atoms. The fraction of sp³-hybridized carbons (Fsp3) is 0. The molecule has 0 aliphatic rings. The minimum atomic E-state index is -6.17. The third kappa shape index (κ3) is 6.90. The van der Waals surface area contributed by atoms with Crippen LogP contribution in [-0.2, 0) is 0 Å². The molecule has 1 aromatic rings. The lowest BCUT2D eigenvalue weighted by Gasteiger charge is -1.91. The van der Waals surface area contributed by atoms with E-state index in [2.05, 4.69) is 0 Å². The van der Waals surface area contributed by atoms with Crippen LogP contribution >= 0.6 is 23.2 Å². The first-order chi connectivity index (χ1) is 6.22. The number of rotatable bonds is 0. The van der Waals surface area contributed by atoms with Crippen LogP contribution in [0.2, 0.25) is 5.02 Å². The Kier molecular flexibility index (Phi) is 5.14. The molecule has 1 aromatic carbocycles. The Bertz CT molecular complexity index is 273. The van der Waals surface area contributed by atoms with Gasteiger partial charge in [-0.15, -0.1) is 0 Å². The molecule has 0 fully saturated rings. The molecule has 0 saturated carbocycles. The van der Waals surface area contributed by atoms with E-state index in [1.54, 1.807) is 0 Å². The predicted molar refractivity (Wildman–Crippen MR) is 43.4 cm³/mol. The lowest BCUT2D eigenvalue weighted by atomic mass is 10.3. The van der Waals surface area contributed by atoms with Gasteiger partial charge >= 0.3 is 11.6 Å². The molecule has 0 radical (unpaired) electrons. The maximum absolute atomic E-state index is 12.2. The number of benzene rings is 1. The van der Waals surface area contributed by atoms with Gasteiger partial charge < -0.3 is 0 Å². The summed E-state index contributed by atoms with van der Waals surface area (Å²) in [7, 11) is 0. The molecule has 82 valence electrons. The van der Waals surface area contributed by atoms with Crippen LogP contribution in [0.15, 0.2) is 18.2 Å². The molecule has 0 nitrogen and oxygen atoms in total. The van der Waals surface area contributed by atoms with Gasteiger partial charge in [0.2, 0.25) is 0 Å². The Morgan fingerprint density at radius 3 is 1.43 bits per heavy atom. The van der Waals surface area contributed by atoms with Crippen LogP contribution in [0, 0.1) is 11.6 Å². The summed E-state index contributed by atoms with van der Waals surface area (Å²) in [6.45, 7) is 0. The zero-order valence-corrected chi connectivity index (χ0v) is 7.86. The highest BCUT2D eigenvalue weighted by atomic mass is 35.5. The fourth-order valence-electron chi connectivity index (χ4n) is 0.477. The molecular weight excluding hydrogens is 254 g/mol. The molecule has 0 unspecified atom stereocenters. The van der Waals surface area contributed by atoms with Crippen molar-refractivity contribution < 1.29 is 24.3 Å². The number of hydrogen-bond acceptors (Lipinski definition) is 0. The first-order valence-electron chi connectivity index (χ1n) is 2.93. The molecule has 0 atom stereocenters. The highest BCUT2D eigenvalue weighted by molar-refractivity contribution is 8.16. The summed E-state index contributed by atoms with van der Waals surface area (Å²) in [5.41, 5.74) is 0.